The summed E-state index contributed by atoms with van der Waals surface area (Å²) in [5.74, 6) is 2.19. The van der Waals surface area contributed by atoms with Crippen LogP contribution in [-0.4, -0.2) is 41.7 Å². The minimum atomic E-state index is -4.43. The second kappa shape index (κ2) is 11.6. The van der Waals surface area contributed by atoms with Gasteiger partial charge < -0.3 is 15.0 Å². The van der Waals surface area contributed by atoms with Crippen molar-refractivity contribution in [2.45, 2.75) is 45.3 Å². The fourth-order valence-electron chi connectivity index (χ4n) is 4.12. The first-order valence-electron chi connectivity index (χ1n) is 11.0. The highest BCUT2D eigenvalue weighted by molar-refractivity contribution is 7.98. The molecule has 0 bridgehead atoms. The highest BCUT2D eigenvalue weighted by Gasteiger charge is 2.35. The van der Waals surface area contributed by atoms with Gasteiger partial charge in [-0.05, 0) is 44.1 Å². The lowest BCUT2D eigenvalue weighted by Gasteiger charge is -2.30. The van der Waals surface area contributed by atoms with Crippen LogP contribution in [0.25, 0.3) is 0 Å². The molecule has 1 saturated carbocycles. The zero-order chi connectivity index (χ0) is 23.0. The molecule has 1 fully saturated rings. The summed E-state index contributed by atoms with van der Waals surface area (Å²) < 4.78 is 47.0. The molecule has 1 aliphatic rings. The molecule has 5 nitrogen and oxygen atoms in total. The summed E-state index contributed by atoms with van der Waals surface area (Å²) in [6, 6.07) is 4.43. The first-order valence-corrected chi connectivity index (χ1v) is 12.4. The number of halogens is 3. The van der Waals surface area contributed by atoms with E-state index in [1.54, 1.807) is 17.8 Å². The Morgan fingerprint density at radius 1 is 1.19 bits per heavy atom. The van der Waals surface area contributed by atoms with E-state index in [9.17, 15) is 13.2 Å². The predicted octanol–water partition coefficient (Wildman–Crippen LogP) is 5.87. The Labute approximate surface area is 192 Å². The largest absolute Gasteiger partial charge is 0.489 e. The highest BCUT2D eigenvalue weighted by Crippen LogP contribution is 2.37. The predicted molar refractivity (Wildman–Crippen MR) is 125 cm³/mol. The highest BCUT2D eigenvalue weighted by atomic mass is 32.2. The zero-order valence-corrected chi connectivity index (χ0v) is 19.4. The molecule has 1 N–H and O–H groups in total. The number of anilines is 2. The van der Waals surface area contributed by atoms with Crippen molar-refractivity contribution in [2.24, 2.45) is 5.92 Å². The van der Waals surface area contributed by atoms with Crippen molar-refractivity contribution in [3.63, 3.8) is 0 Å². The van der Waals surface area contributed by atoms with Gasteiger partial charge in [-0.25, -0.2) is 9.97 Å². The topological polar surface area (TPSA) is 50.3 Å². The molecule has 1 aromatic carbocycles. The van der Waals surface area contributed by atoms with Crippen molar-refractivity contribution in [3.8, 4) is 5.75 Å². The van der Waals surface area contributed by atoms with Crippen LogP contribution in [0.4, 0.5) is 24.8 Å². The molecule has 0 atom stereocenters. The number of rotatable bonds is 11. The van der Waals surface area contributed by atoms with Gasteiger partial charge in [0, 0.05) is 36.6 Å². The summed E-state index contributed by atoms with van der Waals surface area (Å²) >= 11 is 1.67. The molecular formula is C23H31F3N4OS. The third-order valence-electron chi connectivity index (χ3n) is 5.74. The van der Waals surface area contributed by atoms with E-state index in [1.165, 1.54) is 31.3 Å². The average molecular weight is 469 g/mol. The van der Waals surface area contributed by atoms with E-state index in [0.717, 1.165) is 31.2 Å². The smallest absolute Gasteiger partial charge is 0.416 e. The molecule has 0 spiro atoms. The summed E-state index contributed by atoms with van der Waals surface area (Å²) in [4.78, 5) is 10.5. The van der Waals surface area contributed by atoms with E-state index in [4.69, 9.17) is 4.74 Å². The van der Waals surface area contributed by atoms with Crippen molar-refractivity contribution in [1.82, 2.24) is 9.97 Å². The molecule has 0 aliphatic heterocycles. The maximum atomic E-state index is 13.8. The minimum Gasteiger partial charge on any atom is -0.489 e. The number of benzene rings is 1. The molecule has 3 rings (SSSR count). The van der Waals surface area contributed by atoms with E-state index >= 15 is 0 Å². The Morgan fingerprint density at radius 3 is 2.53 bits per heavy atom. The summed E-state index contributed by atoms with van der Waals surface area (Å²) in [6.07, 6.45) is 5.31. The lowest BCUT2D eigenvalue weighted by molar-refractivity contribution is -0.138. The molecular weight excluding hydrogens is 437 g/mol. The van der Waals surface area contributed by atoms with Crippen LogP contribution in [0, 0.1) is 5.92 Å². The van der Waals surface area contributed by atoms with Crippen molar-refractivity contribution in [3.05, 3.63) is 41.7 Å². The van der Waals surface area contributed by atoms with Crippen molar-refractivity contribution in [1.29, 1.82) is 0 Å². The van der Waals surface area contributed by atoms with Crippen molar-refractivity contribution >= 4 is 23.4 Å². The van der Waals surface area contributed by atoms with Gasteiger partial charge in [0.2, 0.25) is 5.95 Å². The lowest BCUT2D eigenvalue weighted by Crippen LogP contribution is -2.30. The molecule has 1 heterocycles. The van der Waals surface area contributed by atoms with Gasteiger partial charge in [0.25, 0.3) is 0 Å². The SMILES string of the molecule is CCN(CC1CCCC1)c1cccc(C(F)(F)F)c1CNc1ncc(OCCSC)cn1. The maximum absolute atomic E-state index is 13.8. The van der Waals surface area contributed by atoms with Crippen LogP contribution in [-0.2, 0) is 12.7 Å². The van der Waals surface area contributed by atoms with Crippen molar-refractivity contribution in [2.75, 3.05) is 41.9 Å². The first kappa shape index (κ1) is 24.5. The second-order valence-electron chi connectivity index (χ2n) is 7.93. The molecule has 176 valence electrons. The van der Waals surface area contributed by atoms with Crippen LogP contribution in [0.15, 0.2) is 30.6 Å². The first-order chi connectivity index (χ1) is 15.4. The van der Waals surface area contributed by atoms with Gasteiger partial charge in [-0.15, -0.1) is 0 Å². The molecule has 0 radical (unpaired) electrons. The number of alkyl halides is 3. The maximum Gasteiger partial charge on any atom is 0.416 e. The number of hydrogen-bond donors (Lipinski definition) is 1. The molecule has 1 aliphatic carbocycles. The normalized spacial score (nSPS) is 14.5. The summed E-state index contributed by atoms with van der Waals surface area (Å²) in [6.45, 7) is 3.96. The quantitative estimate of drug-likeness (QED) is 0.417. The van der Waals surface area contributed by atoms with Crippen LogP contribution in [0.1, 0.15) is 43.7 Å². The van der Waals surface area contributed by atoms with Gasteiger partial charge in [0.05, 0.1) is 24.6 Å². The van der Waals surface area contributed by atoms with Crippen LogP contribution >= 0.6 is 11.8 Å². The number of nitrogens with zero attached hydrogens (tertiary/aromatic N) is 3. The Bertz CT molecular complexity index is 842. The summed E-state index contributed by atoms with van der Waals surface area (Å²) in [5.41, 5.74) is 0.229. The van der Waals surface area contributed by atoms with Gasteiger partial charge >= 0.3 is 6.18 Å². The lowest BCUT2D eigenvalue weighted by atomic mass is 10.0. The van der Waals surface area contributed by atoms with Gasteiger partial charge in [-0.1, -0.05) is 18.9 Å². The van der Waals surface area contributed by atoms with Gasteiger partial charge in [-0.2, -0.15) is 24.9 Å². The monoisotopic (exact) mass is 468 g/mol. The molecule has 0 amide bonds. The summed E-state index contributed by atoms with van der Waals surface area (Å²) in [5, 5.41) is 2.97. The standard InChI is InChI=1S/C23H31F3N4OS/c1-3-30(16-17-7-4-5-8-17)21-10-6-9-20(23(24,25)26)19(21)15-29-22-27-13-18(14-28-22)31-11-12-32-2/h6,9-10,13-14,17H,3-5,7-8,11-12,15-16H2,1-2H3,(H,27,28,29). The van der Waals surface area contributed by atoms with Crippen LogP contribution in [0.2, 0.25) is 0 Å². The molecule has 32 heavy (non-hydrogen) atoms. The van der Waals surface area contributed by atoms with E-state index in [-0.39, 0.29) is 18.1 Å². The van der Waals surface area contributed by atoms with E-state index < -0.39 is 11.7 Å². The number of hydrogen-bond acceptors (Lipinski definition) is 6. The molecule has 0 saturated heterocycles. The fraction of sp³-hybridized carbons (Fsp3) is 0.565. The molecule has 9 heteroatoms. The van der Waals surface area contributed by atoms with Gasteiger partial charge in [0.15, 0.2) is 5.75 Å². The zero-order valence-electron chi connectivity index (χ0n) is 18.6. The molecule has 1 aromatic heterocycles. The third kappa shape index (κ3) is 6.67. The Hall–Kier alpha value is -2.16. The summed E-state index contributed by atoms with van der Waals surface area (Å²) in [7, 11) is 0. The minimum absolute atomic E-state index is 0.0150. The third-order valence-corrected chi connectivity index (χ3v) is 6.31. The Morgan fingerprint density at radius 2 is 1.91 bits per heavy atom. The Balaban J connectivity index is 1.78. The molecule has 2 aromatic rings. The van der Waals surface area contributed by atoms with E-state index in [1.807, 2.05) is 13.2 Å². The van der Waals surface area contributed by atoms with Gasteiger partial charge in [0.1, 0.15) is 0 Å². The second-order valence-corrected chi connectivity index (χ2v) is 8.91. The number of nitrogens with one attached hydrogen (secondary N) is 1. The van der Waals surface area contributed by atoms with Crippen LogP contribution < -0.4 is 15.0 Å². The average Bonchev–Trinajstić information content (AvgIpc) is 3.29. The van der Waals surface area contributed by atoms with Crippen molar-refractivity contribution < 1.29 is 17.9 Å². The van der Waals surface area contributed by atoms with Crippen LogP contribution in [0.3, 0.4) is 0 Å². The molecule has 0 unspecified atom stereocenters. The fourth-order valence-corrected chi connectivity index (χ4v) is 4.37. The number of aromatic nitrogens is 2. The van der Waals surface area contributed by atoms with E-state index in [0.29, 0.717) is 30.5 Å². The van der Waals surface area contributed by atoms with Gasteiger partial charge in [-0.3, -0.25) is 0 Å². The number of ether oxygens (including phenoxy) is 1. The van der Waals surface area contributed by atoms with E-state index in [2.05, 4.69) is 20.2 Å². The Kier molecular flexibility index (Phi) is 8.90. The number of thioether (sulfide) groups is 1. The van der Waals surface area contributed by atoms with Crippen LogP contribution in [0.5, 0.6) is 5.75 Å².